The maximum atomic E-state index is 13.2. The van der Waals surface area contributed by atoms with E-state index in [4.69, 9.17) is 4.74 Å². The molecule has 0 aliphatic heterocycles. The van der Waals surface area contributed by atoms with Crippen LogP contribution in [0.3, 0.4) is 0 Å². The summed E-state index contributed by atoms with van der Waals surface area (Å²) in [5.41, 5.74) is 0.0988. The second-order valence-electron chi connectivity index (χ2n) is 5.48. The number of halogens is 1. The van der Waals surface area contributed by atoms with Gasteiger partial charge >= 0.3 is 5.97 Å². The minimum Gasteiger partial charge on any atom is -0.465 e. The van der Waals surface area contributed by atoms with Gasteiger partial charge in [-0.05, 0) is 37.7 Å². The zero-order chi connectivity index (χ0) is 13.6. The molecule has 3 rings (SSSR count). The first kappa shape index (κ1) is 12.4. The van der Waals surface area contributed by atoms with Crippen molar-refractivity contribution in [1.82, 2.24) is 4.57 Å². The van der Waals surface area contributed by atoms with Crippen molar-refractivity contribution in [2.45, 2.75) is 37.1 Å². The van der Waals surface area contributed by atoms with Gasteiger partial charge in [0.25, 0.3) is 5.56 Å². The Kier molecular flexibility index (Phi) is 2.73. The van der Waals surface area contributed by atoms with Crippen molar-refractivity contribution in [3.63, 3.8) is 0 Å². The maximum Gasteiger partial charge on any atom is 0.339 e. The van der Waals surface area contributed by atoms with Crippen molar-refractivity contribution in [2.24, 2.45) is 0 Å². The Hall–Kier alpha value is -1.65. The molecule has 0 radical (unpaired) electrons. The van der Waals surface area contributed by atoms with Crippen molar-refractivity contribution in [3.8, 4) is 0 Å². The molecule has 0 amide bonds. The topological polar surface area (TPSA) is 48.3 Å². The summed E-state index contributed by atoms with van der Waals surface area (Å²) in [6, 6.07) is 1.61. The molecule has 0 bridgehead atoms. The van der Waals surface area contributed by atoms with Crippen LogP contribution in [0.15, 0.2) is 17.1 Å². The van der Waals surface area contributed by atoms with Gasteiger partial charge in [0.15, 0.2) is 0 Å². The van der Waals surface area contributed by atoms with Crippen molar-refractivity contribution in [2.75, 3.05) is 13.8 Å². The fraction of sp³-hybridized carbons (Fsp3) is 0.571. The van der Waals surface area contributed by atoms with E-state index in [0.29, 0.717) is 24.0 Å². The van der Waals surface area contributed by atoms with Gasteiger partial charge in [-0.15, -0.1) is 0 Å². The average Bonchev–Trinajstić information content (AvgIpc) is 3.30. The molecule has 2 aliphatic carbocycles. The fourth-order valence-corrected chi connectivity index (χ4v) is 2.46. The van der Waals surface area contributed by atoms with Gasteiger partial charge in [-0.1, -0.05) is 0 Å². The molecule has 102 valence electrons. The molecule has 0 atom stereocenters. The van der Waals surface area contributed by atoms with Crippen LogP contribution in [0.5, 0.6) is 0 Å². The van der Waals surface area contributed by atoms with E-state index in [2.05, 4.69) is 0 Å². The largest absolute Gasteiger partial charge is 0.465 e. The SMILES string of the molecule is COC(=O)c1cc(C2CC2)c(=O)n(C2(CF)CC2)c1. The highest BCUT2D eigenvalue weighted by molar-refractivity contribution is 5.89. The van der Waals surface area contributed by atoms with E-state index in [1.807, 2.05) is 0 Å². The summed E-state index contributed by atoms with van der Waals surface area (Å²) < 4.78 is 19.3. The summed E-state index contributed by atoms with van der Waals surface area (Å²) in [5, 5.41) is 0. The number of hydrogen-bond donors (Lipinski definition) is 0. The molecule has 1 heterocycles. The van der Waals surface area contributed by atoms with E-state index >= 15 is 0 Å². The average molecular weight is 265 g/mol. The lowest BCUT2D eigenvalue weighted by Gasteiger charge is -2.17. The van der Waals surface area contributed by atoms with Gasteiger partial charge in [0.2, 0.25) is 0 Å². The molecule has 0 saturated heterocycles. The monoisotopic (exact) mass is 265 g/mol. The first-order valence-corrected chi connectivity index (χ1v) is 6.53. The molecule has 1 aromatic heterocycles. The number of carbonyl (C=O) groups is 1. The second-order valence-corrected chi connectivity index (χ2v) is 5.48. The van der Waals surface area contributed by atoms with E-state index < -0.39 is 18.2 Å². The quantitative estimate of drug-likeness (QED) is 0.782. The third-order valence-corrected chi connectivity index (χ3v) is 4.07. The van der Waals surface area contributed by atoms with E-state index in [9.17, 15) is 14.0 Å². The standard InChI is InChI=1S/C14H16FNO3/c1-19-13(18)10-6-11(9-2-3-9)12(17)16(7-10)14(8-15)4-5-14/h6-7,9H,2-5,8H2,1H3. The summed E-state index contributed by atoms with van der Waals surface area (Å²) in [6.45, 7) is -0.568. The minimum absolute atomic E-state index is 0.148. The van der Waals surface area contributed by atoms with Crippen LogP contribution in [-0.4, -0.2) is 24.3 Å². The van der Waals surface area contributed by atoms with Gasteiger partial charge in [-0.2, -0.15) is 0 Å². The fourth-order valence-electron chi connectivity index (χ4n) is 2.46. The zero-order valence-electron chi connectivity index (χ0n) is 10.8. The third-order valence-electron chi connectivity index (χ3n) is 4.07. The van der Waals surface area contributed by atoms with Gasteiger partial charge in [0.1, 0.15) is 6.67 Å². The molecule has 0 unspecified atom stereocenters. The Morgan fingerprint density at radius 1 is 1.53 bits per heavy atom. The number of ether oxygens (including phenoxy) is 1. The summed E-state index contributed by atoms with van der Waals surface area (Å²) in [7, 11) is 1.30. The van der Waals surface area contributed by atoms with Crippen molar-refractivity contribution >= 4 is 5.97 Å². The summed E-state index contributed by atoms with van der Waals surface area (Å²) in [4.78, 5) is 24.1. The van der Waals surface area contributed by atoms with Crippen LogP contribution in [0.4, 0.5) is 4.39 Å². The molecule has 2 fully saturated rings. The summed E-state index contributed by atoms with van der Waals surface area (Å²) in [5.74, 6) is -0.260. The molecule has 1 aromatic rings. The number of aromatic nitrogens is 1. The van der Waals surface area contributed by atoms with Crippen LogP contribution in [0.1, 0.15) is 47.5 Å². The van der Waals surface area contributed by atoms with E-state index in [-0.39, 0.29) is 11.5 Å². The zero-order valence-corrected chi connectivity index (χ0v) is 10.8. The number of carbonyl (C=O) groups excluding carboxylic acids is 1. The maximum absolute atomic E-state index is 13.2. The number of methoxy groups -OCH3 is 1. The molecule has 2 aliphatic rings. The van der Waals surface area contributed by atoms with Crippen LogP contribution in [0.25, 0.3) is 0 Å². The molecule has 0 N–H and O–H groups in total. The van der Waals surface area contributed by atoms with E-state index in [0.717, 1.165) is 12.8 Å². The summed E-state index contributed by atoms with van der Waals surface area (Å²) in [6.07, 6.45) is 4.67. The Bertz CT molecular complexity index is 585. The first-order chi connectivity index (χ1) is 9.11. The van der Waals surface area contributed by atoms with Crippen LogP contribution in [0.2, 0.25) is 0 Å². The Labute approximate surface area is 110 Å². The van der Waals surface area contributed by atoms with Crippen molar-refractivity contribution in [3.05, 3.63) is 33.7 Å². The number of hydrogen-bond acceptors (Lipinski definition) is 3. The normalized spacial score (nSPS) is 20.1. The number of nitrogens with zero attached hydrogens (tertiary/aromatic N) is 1. The van der Waals surface area contributed by atoms with Gasteiger partial charge < -0.3 is 9.30 Å². The molecule has 2 saturated carbocycles. The predicted octanol–water partition coefficient (Wildman–Crippen LogP) is 1.97. The molecule has 5 heteroatoms. The molecule has 4 nitrogen and oxygen atoms in total. The Balaban J connectivity index is 2.14. The number of pyridine rings is 1. The lowest BCUT2D eigenvalue weighted by Crippen LogP contribution is -2.34. The third kappa shape index (κ3) is 1.97. The smallest absolute Gasteiger partial charge is 0.339 e. The van der Waals surface area contributed by atoms with Crippen LogP contribution >= 0.6 is 0 Å². The molecular formula is C14H16FNO3. The first-order valence-electron chi connectivity index (χ1n) is 6.53. The predicted molar refractivity (Wildman–Crippen MR) is 67.2 cm³/mol. The lowest BCUT2D eigenvalue weighted by molar-refractivity contribution is 0.0599. The van der Waals surface area contributed by atoms with E-state index in [1.54, 1.807) is 6.07 Å². The molecular weight excluding hydrogens is 249 g/mol. The van der Waals surface area contributed by atoms with Gasteiger partial charge in [0, 0.05) is 11.8 Å². The van der Waals surface area contributed by atoms with Gasteiger partial charge in [-0.3, -0.25) is 4.79 Å². The highest BCUT2D eigenvalue weighted by atomic mass is 19.1. The van der Waals surface area contributed by atoms with Crippen LogP contribution < -0.4 is 5.56 Å². The van der Waals surface area contributed by atoms with E-state index in [1.165, 1.54) is 17.9 Å². The van der Waals surface area contributed by atoms with Crippen molar-refractivity contribution in [1.29, 1.82) is 0 Å². The highest BCUT2D eigenvalue weighted by Crippen LogP contribution is 2.44. The summed E-state index contributed by atoms with van der Waals surface area (Å²) >= 11 is 0. The number of alkyl halides is 1. The molecule has 0 spiro atoms. The lowest BCUT2D eigenvalue weighted by atomic mass is 10.1. The van der Waals surface area contributed by atoms with Gasteiger partial charge in [-0.25, -0.2) is 9.18 Å². The number of rotatable bonds is 4. The number of esters is 1. The minimum atomic E-state index is -0.718. The Morgan fingerprint density at radius 3 is 2.68 bits per heavy atom. The Morgan fingerprint density at radius 2 is 2.21 bits per heavy atom. The van der Waals surface area contributed by atoms with Crippen LogP contribution in [-0.2, 0) is 10.3 Å². The van der Waals surface area contributed by atoms with Gasteiger partial charge in [0.05, 0.1) is 18.2 Å². The molecule has 19 heavy (non-hydrogen) atoms. The van der Waals surface area contributed by atoms with Crippen molar-refractivity contribution < 1.29 is 13.9 Å². The highest BCUT2D eigenvalue weighted by Gasteiger charge is 2.46. The second kappa shape index (κ2) is 4.18. The molecule has 0 aromatic carbocycles. The van der Waals surface area contributed by atoms with Crippen LogP contribution in [0, 0.1) is 0 Å².